The standard InChI is InChI=1S/C23H30N2O4/c1-28-18-8-4-16(5-9-18)20-21(29-14-19(26)25(20)17-6-7-17)22(27)24-13-12-23(15-24)10-2-3-11-23/h4-5,8-9,17,20-21H,2-3,6-7,10-15H2,1H3/t20-,21+/m1/s1. The number of hydrogen-bond donors (Lipinski definition) is 0. The molecule has 2 aliphatic heterocycles. The Morgan fingerprint density at radius 1 is 1.14 bits per heavy atom. The molecule has 2 saturated heterocycles. The Kier molecular flexibility index (Phi) is 4.77. The van der Waals surface area contributed by atoms with Gasteiger partial charge in [0.2, 0.25) is 5.91 Å². The van der Waals surface area contributed by atoms with E-state index in [1.807, 2.05) is 34.1 Å². The number of carbonyl (C=O) groups excluding carboxylic acids is 2. The topological polar surface area (TPSA) is 59.1 Å². The Labute approximate surface area is 172 Å². The van der Waals surface area contributed by atoms with E-state index in [1.54, 1.807) is 7.11 Å². The van der Waals surface area contributed by atoms with Gasteiger partial charge in [-0.25, -0.2) is 0 Å². The van der Waals surface area contributed by atoms with Crippen LogP contribution < -0.4 is 4.74 Å². The van der Waals surface area contributed by atoms with Crippen LogP contribution in [0, 0.1) is 5.41 Å². The molecule has 2 amide bonds. The molecule has 5 rings (SSSR count). The molecule has 2 heterocycles. The number of carbonyl (C=O) groups is 2. The van der Waals surface area contributed by atoms with Crippen LogP contribution in [0.15, 0.2) is 24.3 Å². The SMILES string of the molecule is COc1ccc([C@@H]2[C@@H](C(=O)N3CCC4(CCCC4)C3)OCC(=O)N2C2CC2)cc1. The van der Waals surface area contributed by atoms with Crippen molar-refractivity contribution >= 4 is 11.8 Å². The number of benzene rings is 1. The van der Waals surface area contributed by atoms with Gasteiger partial charge in [-0.05, 0) is 55.2 Å². The van der Waals surface area contributed by atoms with E-state index >= 15 is 0 Å². The first-order valence-corrected chi connectivity index (χ1v) is 11.0. The summed E-state index contributed by atoms with van der Waals surface area (Å²) < 4.78 is 11.2. The fourth-order valence-electron chi connectivity index (χ4n) is 5.59. The maximum atomic E-state index is 13.6. The molecule has 2 aliphatic carbocycles. The summed E-state index contributed by atoms with van der Waals surface area (Å²) in [5.74, 6) is 0.805. The summed E-state index contributed by atoms with van der Waals surface area (Å²) in [5, 5.41) is 0. The third kappa shape index (κ3) is 3.41. The van der Waals surface area contributed by atoms with E-state index in [4.69, 9.17) is 9.47 Å². The van der Waals surface area contributed by atoms with Gasteiger partial charge in [-0.1, -0.05) is 25.0 Å². The van der Waals surface area contributed by atoms with Gasteiger partial charge in [-0.2, -0.15) is 0 Å². The van der Waals surface area contributed by atoms with Crippen LogP contribution in [-0.4, -0.2) is 60.6 Å². The van der Waals surface area contributed by atoms with Crippen molar-refractivity contribution in [3.63, 3.8) is 0 Å². The van der Waals surface area contributed by atoms with Gasteiger partial charge in [0, 0.05) is 19.1 Å². The highest BCUT2D eigenvalue weighted by molar-refractivity contribution is 5.87. The number of nitrogens with zero attached hydrogens (tertiary/aromatic N) is 2. The summed E-state index contributed by atoms with van der Waals surface area (Å²) >= 11 is 0. The zero-order chi connectivity index (χ0) is 20.0. The molecule has 2 atom stereocenters. The maximum absolute atomic E-state index is 13.6. The first-order valence-electron chi connectivity index (χ1n) is 11.0. The minimum absolute atomic E-state index is 0.00144. The molecule has 0 bridgehead atoms. The number of hydrogen-bond acceptors (Lipinski definition) is 4. The van der Waals surface area contributed by atoms with Crippen LogP contribution in [0.5, 0.6) is 5.75 Å². The molecular weight excluding hydrogens is 368 g/mol. The average Bonchev–Trinajstić information content (AvgIpc) is 3.34. The Hall–Kier alpha value is -2.08. The van der Waals surface area contributed by atoms with Crippen LogP contribution in [-0.2, 0) is 14.3 Å². The molecule has 6 nitrogen and oxygen atoms in total. The highest BCUT2D eigenvalue weighted by Crippen LogP contribution is 2.46. The van der Waals surface area contributed by atoms with E-state index in [1.165, 1.54) is 25.7 Å². The Balaban J connectivity index is 1.43. The number of likely N-dealkylation sites (tertiary alicyclic amines) is 1. The molecule has 156 valence electrons. The number of rotatable bonds is 4. The summed E-state index contributed by atoms with van der Waals surface area (Å²) in [7, 11) is 1.64. The van der Waals surface area contributed by atoms with Crippen molar-refractivity contribution in [3.8, 4) is 5.75 Å². The first-order chi connectivity index (χ1) is 14.1. The van der Waals surface area contributed by atoms with Crippen molar-refractivity contribution < 1.29 is 19.1 Å². The van der Waals surface area contributed by atoms with Crippen molar-refractivity contribution in [2.24, 2.45) is 5.41 Å². The van der Waals surface area contributed by atoms with E-state index in [9.17, 15) is 9.59 Å². The third-order valence-electron chi connectivity index (χ3n) is 7.32. The lowest BCUT2D eigenvalue weighted by atomic mass is 9.86. The normalized spacial score (nSPS) is 28.9. The molecule has 0 aromatic heterocycles. The molecule has 0 radical (unpaired) electrons. The van der Waals surface area contributed by atoms with Crippen LogP contribution in [0.1, 0.15) is 56.6 Å². The Bertz CT molecular complexity index is 783. The highest BCUT2D eigenvalue weighted by atomic mass is 16.5. The maximum Gasteiger partial charge on any atom is 0.254 e. The molecule has 6 heteroatoms. The number of morpholine rings is 1. The van der Waals surface area contributed by atoms with Gasteiger partial charge in [0.25, 0.3) is 5.91 Å². The van der Waals surface area contributed by atoms with E-state index in [0.29, 0.717) is 5.41 Å². The van der Waals surface area contributed by atoms with Crippen molar-refractivity contribution in [2.75, 3.05) is 26.8 Å². The smallest absolute Gasteiger partial charge is 0.254 e. The minimum Gasteiger partial charge on any atom is -0.497 e. The lowest BCUT2D eigenvalue weighted by Crippen LogP contribution is -2.55. The lowest BCUT2D eigenvalue weighted by molar-refractivity contribution is -0.170. The van der Waals surface area contributed by atoms with E-state index in [2.05, 4.69) is 0 Å². The quantitative estimate of drug-likeness (QED) is 0.783. The summed E-state index contributed by atoms with van der Waals surface area (Å²) in [6, 6.07) is 7.58. The monoisotopic (exact) mass is 398 g/mol. The lowest BCUT2D eigenvalue weighted by Gasteiger charge is -2.42. The molecule has 0 N–H and O–H groups in total. The van der Waals surface area contributed by atoms with Crippen LogP contribution in [0.4, 0.5) is 0 Å². The van der Waals surface area contributed by atoms with Crippen molar-refractivity contribution in [1.82, 2.24) is 9.80 Å². The largest absolute Gasteiger partial charge is 0.497 e. The summed E-state index contributed by atoms with van der Waals surface area (Å²) in [4.78, 5) is 30.2. The van der Waals surface area contributed by atoms with E-state index < -0.39 is 6.10 Å². The van der Waals surface area contributed by atoms with Gasteiger partial charge in [-0.3, -0.25) is 9.59 Å². The van der Waals surface area contributed by atoms with Gasteiger partial charge in [0.1, 0.15) is 12.4 Å². The summed E-state index contributed by atoms with van der Waals surface area (Å²) in [5.41, 5.74) is 1.27. The van der Waals surface area contributed by atoms with Gasteiger partial charge in [-0.15, -0.1) is 0 Å². The minimum atomic E-state index is -0.627. The third-order valence-corrected chi connectivity index (χ3v) is 7.32. The number of amides is 2. The van der Waals surface area contributed by atoms with E-state index in [-0.39, 0.29) is 30.5 Å². The van der Waals surface area contributed by atoms with Crippen LogP contribution >= 0.6 is 0 Å². The molecule has 0 unspecified atom stereocenters. The van der Waals surface area contributed by atoms with Gasteiger partial charge < -0.3 is 19.3 Å². The molecule has 2 saturated carbocycles. The van der Waals surface area contributed by atoms with Crippen LogP contribution in [0.25, 0.3) is 0 Å². The second kappa shape index (κ2) is 7.31. The predicted octanol–water partition coefficient (Wildman–Crippen LogP) is 2.92. The zero-order valence-electron chi connectivity index (χ0n) is 17.1. The molecule has 29 heavy (non-hydrogen) atoms. The molecule has 1 spiro atoms. The zero-order valence-corrected chi connectivity index (χ0v) is 17.1. The van der Waals surface area contributed by atoms with Crippen molar-refractivity contribution in [2.45, 2.75) is 63.1 Å². The first kappa shape index (κ1) is 18.9. The van der Waals surface area contributed by atoms with Crippen molar-refractivity contribution in [1.29, 1.82) is 0 Å². The van der Waals surface area contributed by atoms with Crippen LogP contribution in [0.3, 0.4) is 0 Å². The predicted molar refractivity (Wildman–Crippen MR) is 107 cm³/mol. The van der Waals surface area contributed by atoms with Gasteiger partial charge in [0.15, 0.2) is 6.10 Å². The average molecular weight is 399 g/mol. The molecule has 4 aliphatic rings. The highest BCUT2D eigenvalue weighted by Gasteiger charge is 2.50. The number of methoxy groups -OCH3 is 1. The second-order valence-electron chi connectivity index (χ2n) is 9.20. The summed E-state index contributed by atoms with van der Waals surface area (Å²) in [6.07, 6.45) is 7.51. The fraction of sp³-hybridized carbons (Fsp3) is 0.652. The van der Waals surface area contributed by atoms with Gasteiger partial charge >= 0.3 is 0 Å². The van der Waals surface area contributed by atoms with E-state index in [0.717, 1.165) is 43.7 Å². The Morgan fingerprint density at radius 3 is 2.52 bits per heavy atom. The molecule has 1 aromatic carbocycles. The summed E-state index contributed by atoms with van der Waals surface area (Å²) in [6.45, 7) is 1.66. The number of ether oxygens (including phenoxy) is 2. The molecule has 1 aromatic rings. The van der Waals surface area contributed by atoms with Crippen molar-refractivity contribution in [3.05, 3.63) is 29.8 Å². The fourth-order valence-corrected chi connectivity index (χ4v) is 5.59. The molecular formula is C23H30N2O4. The Morgan fingerprint density at radius 2 is 1.86 bits per heavy atom. The second-order valence-corrected chi connectivity index (χ2v) is 9.20. The van der Waals surface area contributed by atoms with Crippen LogP contribution in [0.2, 0.25) is 0 Å². The van der Waals surface area contributed by atoms with Gasteiger partial charge in [0.05, 0.1) is 13.2 Å². The molecule has 4 fully saturated rings.